The number of rotatable bonds is 6. The fourth-order valence-electron chi connectivity index (χ4n) is 1.82. The van der Waals surface area contributed by atoms with Gasteiger partial charge >= 0.3 is 12.1 Å². The van der Waals surface area contributed by atoms with Crippen LogP contribution in [0.2, 0.25) is 5.02 Å². The molecule has 6 heteroatoms. The molecule has 0 saturated carbocycles. The normalized spacial score (nSPS) is 10.1. The minimum Gasteiger partial charge on any atom is -0.462 e. The maximum Gasteiger partial charge on any atom is 0.414 e. The number of carbonyl (C=O) groups excluding carboxylic acids is 2. The molecule has 1 rings (SSSR count). The molecule has 0 saturated heterocycles. The van der Waals surface area contributed by atoms with Crippen LogP contribution in [0.25, 0.3) is 0 Å². The van der Waals surface area contributed by atoms with Crippen molar-refractivity contribution in [3.8, 4) is 0 Å². The molecule has 0 aromatic heterocycles. The highest BCUT2D eigenvalue weighted by molar-refractivity contribution is 6.31. The van der Waals surface area contributed by atoms with Crippen molar-refractivity contribution < 1.29 is 19.1 Å². The molecular weight excluding hydrogens is 294 g/mol. The molecule has 0 aliphatic heterocycles. The summed E-state index contributed by atoms with van der Waals surface area (Å²) in [4.78, 5) is 25.4. The zero-order valence-electron chi connectivity index (χ0n) is 12.5. The highest BCUT2D eigenvalue weighted by Crippen LogP contribution is 2.26. The SMILES string of the molecule is CCCOC(=O)c1ccc(Cl)cc1N(CCC)C(=O)OC. The molecular formula is C15H20ClNO4. The predicted octanol–water partition coefficient (Wildman–Crippen LogP) is 3.89. The molecule has 0 aliphatic rings. The fraction of sp³-hybridized carbons (Fsp3) is 0.467. The van der Waals surface area contributed by atoms with Gasteiger partial charge in [-0.3, -0.25) is 4.90 Å². The highest BCUT2D eigenvalue weighted by Gasteiger charge is 2.23. The topological polar surface area (TPSA) is 55.8 Å². The van der Waals surface area contributed by atoms with Gasteiger partial charge in [-0.25, -0.2) is 9.59 Å². The van der Waals surface area contributed by atoms with Crippen LogP contribution in [0, 0.1) is 0 Å². The number of methoxy groups -OCH3 is 1. The first-order valence-electron chi connectivity index (χ1n) is 6.87. The maximum atomic E-state index is 12.1. The average Bonchev–Trinajstić information content (AvgIpc) is 2.49. The van der Waals surface area contributed by atoms with E-state index in [1.807, 2.05) is 13.8 Å². The van der Waals surface area contributed by atoms with Crippen LogP contribution in [0.4, 0.5) is 10.5 Å². The van der Waals surface area contributed by atoms with Crippen LogP contribution in [0.15, 0.2) is 18.2 Å². The van der Waals surface area contributed by atoms with E-state index in [2.05, 4.69) is 0 Å². The smallest absolute Gasteiger partial charge is 0.414 e. The van der Waals surface area contributed by atoms with Crippen LogP contribution >= 0.6 is 11.6 Å². The number of hydrogen-bond acceptors (Lipinski definition) is 4. The van der Waals surface area contributed by atoms with Gasteiger partial charge in [-0.05, 0) is 31.0 Å². The Balaban J connectivity index is 3.20. The number of hydrogen-bond donors (Lipinski definition) is 0. The summed E-state index contributed by atoms with van der Waals surface area (Å²) in [5, 5.41) is 0.432. The Morgan fingerprint density at radius 2 is 1.95 bits per heavy atom. The number of amides is 1. The van der Waals surface area contributed by atoms with Gasteiger partial charge in [-0.2, -0.15) is 0 Å². The number of ether oxygens (including phenoxy) is 2. The summed E-state index contributed by atoms with van der Waals surface area (Å²) in [5.74, 6) is -0.478. The number of carbonyl (C=O) groups is 2. The summed E-state index contributed by atoms with van der Waals surface area (Å²) in [6, 6.07) is 4.72. The largest absolute Gasteiger partial charge is 0.462 e. The minimum atomic E-state index is -0.538. The minimum absolute atomic E-state index is 0.298. The number of nitrogens with zero attached hydrogens (tertiary/aromatic N) is 1. The Bertz CT molecular complexity index is 504. The third-order valence-corrected chi connectivity index (χ3v) is 2.99. The first-order valence-corrected chi connectivity index (χ1v) is 7.25. The zero-order valence-corrected chi connectivity index (χ0v) is 13.3. The van der Waals surface area contributed by atoms with Crippen molar-refractivity contribution in [3.63, 3.8) is 0 Å². The van der Waals surface area contributed by atoms with Gasteiger partial charge in [-0.1, -0.05) is 25.4 Å². The van der Waals surface area contributed by atoms with Gasteiger partial charge in [0.25, 0.3) is 0 Å². The van der Waals surface area contributed by atoms with Crippen molar-refractivity contribution in [1.82, 2.24) is 0 Å². The van der Waals surface area contributed by atoms with Crippen LogP contribution in [0.1, 0.15) is 37.0 Å². The summed E-state index contributed by atoms with van der Waals surface area (Å²) in [5.41, 5.74) is 0.698. The van der Waals surface area contributed by atoms with Crippen molar-refractivity contribution in [3.05, 3.63) is 28.8 Å². The van der Waals surface area contributed by atoms with Crippen LogP contribution in [0.3, 0.4) is 0 Å². The van der Waals surface area contributed by atoms with Crippen molar-refractivity contribution in [2.24, 2.45) is 0 Å². The highest BCUT2D eigenvalue weighted by atomic mass is 35.5. The van der Waals surface area contributed by atoms with Crippen LogP contribution < -0.4 is 4.90 Å². The van der Waals surface area contributed by atoms with E-state index in [9.17, 15) is 9.59 Å². The van der Waals surface area contributed by atoms with Crippen molar-refractivity contribution >= 4 is 29.4 Å². The van der Waals surface area contributed by atoms with Crippen LogP contribution in [-0.4, -0.2) is 32.3 Å². The molecule has 0 heterocycles. The van der Waals surface area contributed by atoms with E-state index in [0.29, 0.717) is 35.8 Å². The second-order valence-corrected chi connectivity index (χ2v) is 4.86. The van der Waals surface area contributed by atoms with Gasteiger partial charge in [0, 0.05) is 11.6 Å². The van der Waals surface area contributed by atoms with E-state index in [1.165, 1.54) is 12.0 Å². The van der Waals surface area contributed by atoms with Crippen molar-refractivity contribution in [2.75, 3.05) is 25.2 Å². The van der Waals surface area contributed by atoms with Crippen LogP contribution in [0.5, 0.6) is 0 Å². The molecule has 0 unspecified atom stereocenters. The molecule has 1 aromatic rings. The lowest BCUT2D eigenvalue weighted by molar-refractivity contribution is 0.0506. The fourth-order valence-corrected chi connectivity index (χ4v) is 1.98. The molecule has 5 nitrogen and oxygen atoms in total. The van der Waals surface area contributed by atoms with Gasteiger partial charge in [0.2, 0.25) is 0 Å². The quantitative estimate of drug-likeness (QED) is 0.748. The van der Waals surface area contributed by atoms with Crippen LogP contribution in [-0.2, 0) is 9.47 Å². The first-order chi connectivity index (χ1) is 10.0. The molecule has 0 radical (unpaired) electrons. The van der Waals surface area contributed by atoms with E-state index in [0.717, 1.165) is 6.42 Å². The Kier molecular flexibility index (Phi) is 7.02. The summed E-state index contributed by atoms with van der Waals surface area (Å²) < 4.78 is 9.91. The third kappa shape index (κ3) is 4.63. The lowest BCUT2D eigenvalue weighted by atomic mass is 10.1. The summed E-state index contributed by atoms with van der Waals surface area (Å²) >= 11 is 5.99. The summed E-state index contributed by atoms with van der Waals surface area (Å²) in [6.07, 6.45) is 0.902. The van der Waals surface area contributed by atoms with Crippen molar-refractivity contribution in [2.45, 2.75) is 26.7 Å². The van der Waals surface area contributed by atoms with E-state index in [-0.39, 0.29) is 0 Å². The molecule has 0 N–H and O–H groups in total. The molecule has 0 spiro atoms. The Labute approximate surface area is 129 Å². The molecule has 0 fully saturated rings. The Morgan fingerprint density at radius 3 is 2.52 bits per heavy atom. The first kappa shape index (κ1) is 17.3. The lowest BCUT2D eigenvalue weighted by Crippen LogP contribution is -2.33. The second-order valence-electron chi connectivity index (χ2n) is 4.42. The monoisotopic (exact) mass is 313 g/mol. The average molecular weight is 314 g/mol. The van der Waals surface area contributed by atoms with Gasteiger partial charge in [0.1, 0.15) is 0 Å². The molecule has 1 aromatic carbocycles. The van der Waals surface area contributed by atoms with Gasteiger partial charge in [0.15, 0.2) is 0 Å². The predicted molar refractivity (Wildman–Crippen MR) is 82.1 cm³/mol. The summed E-state index contributed by atoms with van der Waals surface area (Å²) in [6.45, 7) is 4.58. The number of esters is 1. The van der Waals surface area contributed by atoms with E-state index < -0.39 is 12.1 Å². The number of anilines is 1. The molecule has 1 amide bonds. The second kappa shape index (κ2) is 8.52. The van der Waals surface area contributed by atoms with E-state index in [4.69, 9.17) is 21.1 Å². The molecule has 0 aliphatic carbocycles. The standard InChI is InChI=1S/C15H20ClNO4/c1-4-8-17(15(19)20-3)13-10-11(16)6-7-12(13)14(18)21-9-5-2/h6-7,10H,4-5,8-9H2,1-3H3. The van der Waals surface area contributed by atoms with Gasteiger partial charge in [0.05, 0.1) is 25.0 Å². The Hall–Kier alpha value is -1.75. The van der Waals surface area contributed by atoms with Gasteiger partial charge < -0.3 is 9.47 Å². The molecule has 116 valence electrons. The lowest BCUT2D eigenvalue weighted by Gasteiger charge is -2.23. The molecule has 0 atom stereocenters. The molecule has 0 bridgehead atoms. The number of benzene rings is 1. The number of halogens is 1. The zero-order chi connectivity index (χ0) is 15.8. The summed E-state index contributed by atoms with van der Waals surface area (Å²) in [7, 11) is 1.30. The van der Waals surface area contributed by atoms with E-state index in [1.54, 1.807) is 18.2 Å². The van der Waals surface area contributed by atoms with Crippen molar-refractivity contribution in [1.29, 1.82) is 0 Å². The Morgan fingerprint density at radius 1 is 1.24 bits per heavy atom. The maximum absolute atomic E-state index is 12.1. The third-order valence-electron chi connectivity index (χ3n) is 2.75. The van der Waals surface area contributed by atoms with Gasteiger partial charge in [-0.15, -0.1) is 0 Å². The van der Waals surface area contributed by atoms with E-state index >= 15 is 0 Å². The molecule has 21 heavy (non-hydrogen) atoms.